The molecular formula is C9H14ClN3OS. The Balaban J connectivity index is 1.85. The molecule has 1 aromatic rings. The van der Waals surface area contributed by atoms with Gasteiger partial charge in [-0.1, -0.05) is 18.5 Å². The first-order valence-corrected chi connectivity index (χ1v) is 6.25. The molecule has 2 atom stereocenters. The Morgan fingerprint density at radius 1 is 1.60 bits per heavy atom. The first kappa shape index (κ1) is 11.1. The van der Waals surface area contributed by atoms with Crippen LogP contribution >= 0.6 is 23.3 Å². The smallest absolute Gasteiger partial charge is 0.186 e. The zero-order valence-electron chi connectivity index (χ0n) is 8.57. The molecule has 1 aromatic heterocycles. The molecule has 1 aliphatic rings. The molecule has 6 heteroatoms. The van der Waals surface area contributed by atoms with Crippen molar-refractivity contribution in [1.82, 2.24) is 8.75 Å². The number of hydrogen-bond acceptors (Lipinski definition) is 5. The van der Waals surface area contributed by atoms with E-state index in [-0.39, 0.29) is 0 Å². The van der Waals surface area contributed by atoms with E-state index in [2.05, 4.69) is 21.0 Å². The summed E-state index contributed by atoms with van der Waals surface area (Å²) in [6.45, 7) is 3.89. The molecule has 84 valence electrons. The van der Waals surface area contributed by atoms with Crippen LogP contribution in [0.5, 0.6) is 0 Å². The second-order valence-electron chi connectivity index (χ2n) is 3.65. The highest BCUT2D eigenvalue weighted by molar-refractivity contribution is 6.99. The van der Waals surface area contributed by atoms with Gasteiger partial charge in [0, 0.05) is 19.1 Å². The summed E-state index contributed by atoms with van der Waals surface area (Å²) in [5.74, 6) is 1.26. The van der Waals surface area contributed by atoms with Gasteiger partial charge in [0.2, 0.25) is 0 Å². The van der Waals surface area contributed by atoms with Crippen molar-refractivity contribution in [2.45, 2.75) is 25.9 Å². The third-order valence-corrected chi connectivity index (χ3v) is 3.62. The van der Waals surface area contributed by atoms with E-state index in [1.54, 1.807) is 0 Å². The average Bonchev–Trinajstić information content (AvgIpc) is 2.83. The second-order valence-corrected chi connectivity index (χ2v) is 4.54. The first-order valence-electron chi connectivity index (χ1n) is 5.14. The maximum absolute atomic E-state index is 5.84. The van der Waals surface area contributed by atoms with Crippen molar-refractivity contribution in [3.05, 3.63) is 5.15 Å². The lowest BCUT2D eigenvalue weighted by Gasteiger charge is -2.16. The van der Waals surface area contributed by atoms with Gasteiger partial charge in [-0.2, -0.15) is 8.75 Å². The van der Waals surface area contributed by atoms with Crippen LogP contribution in [0.2, 0.25) is 5.15 Å². The number of anilines is 1. The molecule has 0 bridgehead atoms. The van der Waals surface area contributed by atoms with Crippen LogP contribution in [0.4, 0.5) is 5.82 Å². The van der Waals surface area contributed by atoms with Crippen LogP contribution in [0.1, 0.15) is 19.8 Å². The van der Waals surface area contributed by atoms with Crippen molar-refractivity contribution in [1.29, 1.82) is 0 Å². The number of aromatic nitrogens is 2. The predicted molar refractivity (Wildman–Crippen MR) is 61.5 cm³/mol. The molecule has 0 radical (unpaired) electrons. The van der Waals surface area contributed by atoms with Gasteiger partial charge in [-0.15, -0.1) is 0 Å². The number of nitrogens with one attached hydrogen (secondary N) is 1. The van der Waals surface area contributed by atoms with Crippen LogP contribution in [-0.4, -0.2) is 28.0 Å². The summed E-state index contributed by atoms with van der Waals surface area (Å²) >= 11 is 6.97. The highest BCUT2D eigenvalue weighted by atomic mass is 35.5. The molecule has 0 amide bonds. The maximum Gasteiger partial charge on any atom is 0.186 e. The van der Waals surface area contributed by atoms with Crippen LogP contribution in [0, 0.1) is 5.92 Å². The Hall–Kier alpha value is -0.390. The Labute approximate surface area is 98.3 Å². The van der Waals surface area contributed by atoms with Gasteiger partial charge in [-0.3, -0.25) is 0 Å². The fraction of sp³-hybridized carbons (Fsp3) is 0.778. The Kier molecular flexibility index (Phi) is 3.77. The molecule has 0 aromatic carbocycles. The van der Waals surface area contributed by atoms with Gasteiger partial charge >= 0.3 is 0 Å². The lowest BCUT2D eigenvalue weighted by atomic mass is 10.00. The summed E-state index contributed by atoms with van der Waals surface area (Å²) in [5.41, 5.74) is 0. The molecule has 1 saturated heterocycles. The van der Waals surface area contributed by atoms with Crippen LogP contribution < -0.4 is 5.32 Å². The molecule has 2 rings (SSSR count). The van der Waals surface area contributed by atoms with E-state index >= 15 is 0 Å². The first-order chi connectivity index (χ1) is 7.31. The van der Waals surface area contributed by atoms with Crippen LogP contribution in [0.15, 0.2) is 0 Å². The zero-order valence-corrected chi connectivity index (χ0v) is 10.1. The Morgan fingerprint density at radius 3 is 3.13 bits per heavy atom. The van der Waals surface area contributed by atoms with Crippen LogP contribution in [-0.2, 0) is 4.74 Å². The summed E-state index contributed by atoms with van der Waals surface area (Å²) < 4.78 is 13.6. The SMILES string of the molecule is CCC1OCCC1CNc1nsnc1Cl. The Bertz CT molecular complexity index is 320. The molecule has 1 N–H and O–H groups in total. The van der Waals surface area contributed by atoms with Crippen molar-refractivity contribution in [3.8, 4) is 0 Å². The fourth-order valence-electron chi connectivity index (χ4n) is 1.89. The minimum absolute atomic E-state index is 0.378. The van der Waals surface area contributed by atoms with E-state index in [1.165, 1.54) is 0 Å². The highest BCUT2D eigenvalue weighted by Gasteiger charge is 2.26. The summed E-state index contributed by atoms with van der Waals surface area (Å²) in [7, 11) is 0. The van der Waals surface area contributed by atoms with Gasteiger partial charge in [0.05, 0.1) is 17.8 Å². The molecule has 0 aliphatic carbocycles. The van der Waals surface area contributed by atoms with Crippen molar-refractivity contribution < 1.29 is 4.74 Å². The minimum Gasteiger partial charge on any atom is -0.378 e. The number of halogens is 1. The predicted octanol–water partition coefficient (Wildman–Crippen LogP) is 2.42. The molecule has 2 unspecified atom stereocenters. The minimum atomic E-state index is 0.378. The number of ether oxygens (including phenoxy) is 1. The molecule has 15 heavy (non-hydrogen) atoms. The van der Waals surface area contributed by atoms with Crippen molar-refractivity contribution in [3.63, 3.8) is 0 Å². The molecule has 1 aliphatic heterocycles. The molecule has 0 saturated carbocycles. The summed E-state index contributed by atoms with van der Waals surface area (Å²) in [6, 6.07) is 0. The van der Waals surface area contributed by atoms with E-state index in [0.29, 0.717) is 23.0 Å². The van der Waals surface area contributed by atoms with Gasteiger partial charge in [0.1, 0.15) is 0 Å². The molecule has 1 fully saturated rings. The molecule has 0 spiro atoms. The number of hydrogen-bond donors (Lipinski definition) is 1. The van der Waals surface area contributed by atoms with Gasteiger partial charge in [0.15, 0.2) is 11.0 Å². The maximum atomic E-state index is 5.84. The van der Waals surface area contributed by atoms with E-state index < -0.39 is 0 Å². The van der Waals surface area contributed by atoms with Crippen molar-refractivity contribution in [2.24, 2.45) is 5.92 Å². The molecular weight excluding hydrogens is 234 g/mol. The van der Waals surface area contributed by atoms with Crippen molar-refractivity contribution in [2.75, 3.05) is 18.5 Å². The van der Waals surface area contributed by atoms with E-state index in [0.717, 1.165) is 37.7 Å². The van der Waals surface area contributed by atoms with Crippen molar-refractivity contribution >= 4 is 29.1 Å². The summed E-state index contributed by atoms with van der Waals surface area (Å²) in [6.07, 6.45) is 2.55. The molecule has 4 nitrogen and oxygen atoms in total. The topological polar surface area (TPSA) is 47.0 Å². The fourth-order valence-corrected chi connectivity index (χ4v) is 2.57. The zero-order chi connectivity index (χ0) is 10.7. The number of rotatable bonds is 4. The van der Waals surface area contributed by atoms with Gasteiger partial charge in [-0.05, 0) is 12.8 Å². The summed E-state index contributed by atoms with van der Waals surface area (Å²) in [5, 5.41) is 3.69. The molecule has 2 heterocycles. The van der Waals surface area contributed by atoms with Gasteiger partial charge < -0.3 is 10.1 Å². The number of nitrogens with zero attached hydrogens (tertiary/aromatic N) is 2. The highest BCUT2D eigenvalue weighted by Crippen LogP contribution is 2.25. The average molecular weight is 248 g/mol. The third kappa shape index (κ3) is 2.59. The monoisotopic (exact) mass is 247 g/mol. The van der Waals surface area contributed by atoms with E-state index in [4.69, 9.17) is 16.3 Å². The Morgan fingerprint density at radius 2 is 2.47 bits per heavy atom. The van der Waals surface area contributed by atoms with Crippen LogP contribution in [0.3, 0.4) is 0 Å². The van der Waals surface area contributed by atoms with E-state index in [1.807, 2.05) is 0 Å². The van der Waals surface area contributed by atoms with Crippen LogP contribution in [0.25, 0.3) is 0 Å². The quantitative estimate of drug-likeness (QED) is 0.888. The standard InChI is InChI=1S/C9H14ClN3OS/c1-2-7-6(3-4-14-7)5-11-9-8(10)12-15-13-9/h6-7H,2-5H2,1H3,(H,11,13). The third-order valence-electron chi connectivity index (χ3n) is 2.73. The largest absolute Gasteiger partial charge is 0.378 e. The lowest BCUT2D eigenvalue weighted by Crippen LogP contribution is -2.22. The van der Waals surface area contributed by atoms with Gasteiger partial charge in [0.25, 0.3) is 0 Å². The summed E-state index contributed by atoms with van der Waals surface area (Å²) in [4.78, 5) is 0. The normalized spacial score (nSPS) is 25.7. The lowest BCUT2D eigenvalue weighted by molar-refractivity contribution is 0.0900. The van der Waals surface area contributed by atoms with E-state index in [9.17, 15) is 0 Å². The second kappa shape index (κ2) is 5.09. The van der Waals surface area contributed by atoms with Gasteiger partial charge in [-0.25, -0.2) is 0 Å².